The lowest BCUT2D eigenvalue weighted by atomic mass is 10.1. The molecule has 2 rings (SSSR count). The number of fused-ring (bicyclic) bond motifs is 1. The Morgan fingerprint density at radius 2 is 2.12 bits per heavy atom. The maximum atomic E-state index is 11.0. The minimum absolute atomic E-state index is 0.107. The third kappa shape index (κ3) is 2.17. The van der Waals surface area contributed by atoms with Crippen molar-refractivity contribution in [2.24, 2.45) is 0 Å². The van der Waals surface area contributed by atoms with Crippen molar-refractivity contribution in [2.75, 3.05) is 0 Å². The van der Waals surface area contributed by atoms with Gasteiger partial charge in [-0.1, -0.05) is 48.7 Å². The number of thioether (sulfide) groups is 1. The van der Waals surface area contributed by atoms with Crippen LogP contribution in [0.1, 0.15) is 12.5 Å². The van der Waals surface area contributed by atoms with E-state index in [1.807, 2.05) is 36.4 Å². The number of benzene rings is 2. The Bertz CT molecular complexity index is 558. The predicted octanol–water partition coefficient (Wildman–Crippen LogP) is 4.12. The predicted molar refractivity (Wildman–Crippen MR) is 70.6 cm³/mol. The minimum Gasteiger partial charge on any atom is -0.287 e. The Balaban J connectivity index is 2.58. The van der Waals surface area contributed by atoms with Gasteiger partial charge in [0.1, 0.15) is 0 Å². The average Bonchev–Trinajstić information content (AvgIpc) is 2.27. The van der Waals surface area contributed by atoms with Gasteiger partial charge in [-0.15, -0.1) is 0 Å². The van der Waals surface area contributed by atoms with Crippen LogP contribution in [0.2, 0.25) is 0 Å². The molecule has 0 fully saturated rings. The van der Waals surface area contributed by atoms with E-state index in [1.165, 1.54) is 17.1 Å². The average molecular weight is 228 g/mol. The summed E-state index contributed by atoms with van der Waals surface area (Å²) >= 11 is 1.26. The molecule has 0 aliphatic carbocycles. The van der Waals surface area contributed by atoms with Crippen molar-refractivity contribution in [3.63, 3.8) is 0 Å². The molecule has 16 heavy (non-hydrogen) atoms. The molecule has 0 N–H and O–H groups in total. The second-order valence-electron chi connectivity index (χ2n) is 3.53. The van der Waals surface area contributed by atoms with Crippen LogP contribution in [0.4, 0.5) is 0 Å². The van der Waals surface area contributed by atoms with Crippen LogP contribution in [-0.2, 0) is 4.79 Å². The quantitative estimate of drug-likeness (QED) is 0.719. The zero-order valence-electron chi connectivity index (χ0n) is 9.07. The van der Waals surface area contributed by atoms with Gasteiger partial charge >= 0.3 is 0 Å². The Morgan fingerprint density at radius 3 is 2.81 bits per heavy atom. The smallest absolute Gasteiger partial charge is 0.190 e. The summed E-state index contributed by atoms with van der Waals surface area (Å²) < 4.78 is 0. The maximum Gasteiger partial charge on any atom is 0.190 e. The number of carbonyl (C=O) groups excluding carboxylic acids is 1. The summed E-state index contributed by atoms with van der Waals surface area (Å²) in [5.74, 6) is 0. The summed E-state index contributed by atoms with van der Waals surface area (Å²) in [4.78, 5) is 12.0. The van der Waals surface area contributed by atoms with Crippen molar-refractivity contribution in [3.05, 3.63) is 48.5 Å². The molecule has 0 bridgehead atoms. The van der Waals surface area contributed by atoms with Crippen molar-refractivity contribution < 1.29 is 4.79 Å². The van der Waals surface area contributed by atoms with Gasteiger partial charge in [0.2, 0.25) is 0 Å². The third-order valence-electron chi connectivity index (χ3n) is 2.37. The highest BCUT2D eigenvalue weighted by Gasteiger charge is 2.02. The van der Waals surface area contributed by atoms with E-state index in [2.05, 4.69) is 12.6 Å². The van der Waals surface area contributed by atoms with Crippen molar-refractivity contribution in [3.8, 4) is 0 Å². The van der Waals surface area contributed by atoms with Gasteiger partial charge in [-0.25, -0.2) is 0 Å². The van der Waals surface area contributed by atoms with Gasteiger partial charge in [-0.05, 0) is 28.5 Å². The zero-order valence-corrected chi connectivity index (χ0v) is 9.88. The molecule has 0 saturated carbocycles. The molecule has 0 aliphatic heterocycles. The fourth-order valence-electron chi connectivity index (χ4n) is 1.68. The van der Waals surface area contributed by atoms with Crippen LogP contribution in [0.15, 0.2) is 47.9 Å². The first kappa shape index (κ1) is 11.0. The highest BCUT2D eigenvalue weighted by atomic mass is 32.2. The summed E-state index contributed by atoms with van der Waals surface area (Å²) in [5.41, 5.74) is 1.10. The van der Waals surface area contributed by atoms with Crippen LogP contribution in [0.5, 0.6) is 0 Å². The van der Waals surface area contributed by atoms with Gasteiger partial charge in [0.25, 0.3) is 0 Å². The van der Waals surface area contributed by atoms with E-state index in [0.717, 1.165) is 15.8 Å². The summed E-state index contributed by atoms with van der Waals surface area (Å²) in [6, 6.07) is 12.1. The molecule has 2 aromatic carbocycles. The van der Waals surface area contributed by atoms with Crippen molar-refractivity contribution in [1.82, 2.24) is 0 Å². The lowest BCUT2D eigenvalue weighted by molar-refractivity contribution is -0.109. The summed E-state index contributed by atoms with van der Waals surface area (Å²) in [6.45, 7) is 5.38. The van der Waals surface area contributed by atoms with Crippen LogP contribution < -0.4 is 0 Å². The first-order chi connectivity index (χ1) is 7.70. The van der Waals surface area contributed by atoms with Crippen LogP contribution in [0.3, 0.4) is 0 Å². The first-order valence-electron chi connectivity index (χ1n) is 5.04. The van der Waals surface area contributed by atoms with Crippen LogP contribution >= 0.6 is 11.8 Å². The molecule has 0 aromatic heterocycles. The molecule has 1 nitrogen and oxygen atoms in total. The molecule has 0 unspecified atom stereocenters. The molecule has 2 heteroatoms. The van der Waals surface area contributed by atoms with Gasteiger partial charge in [0.05, 0.1) is 0 Å². The molecule has 0 saturated heterocycles. The van der Waals surface area contributed by atoms with Crippen molar-refractivity contribution >= 4 is 33.7 Å². The normalized spacial score (nSPS) is 10.3. The van der Waals surface area contributed by atoms with E-state index < -0.39 is 0 Å². The molecule has 0 radical (unpaired) electrons. The Morgan fingerprint density at radius 1 is 1.31 bits per heavy atom. The van der Waals surface area contributed by atoms with Crippen molar-refractivity contribution in [2.45, 2.75) is 11.8 Å². The van der Waals surface area contributed by atoms with Crippen LogP contribution in [0, 0.1) is 0 Å². The molecule has 0 aliphatic rings. The highest BCUT2D eigenvalue weighted by molar-refractivity contribution is 8.13. The molecular formula is C14H12OS. The summed E-state index contributed by atoms with van der Waals surface area (Å²) in [7, 11) is 0. The van der Waals surface area contributed by atoms with Gasteiger partial charge in [-0.3, -0.25) is 4.79 Å². The highest BCUT2D eigenvalue weighted by Crippen LogP contribution is 2.26. The monoisotopic (exact) mass is 228 g/mol. The SMILES string of the molecule is C=Cc1cccc2ccc(SC(C)=O)cc12. The number of rotatable bonds is 2. The molecule has 2 aromatic rings. The first-order valence-corrected chi connectivity index (χ1v) is 5.86. The Kier molecular flexibility index (Phi) is 3.11. The minimum atomic E-state index is 0.107. The van der Waals surface area contributed by atoms with Crippen LogP contribution in [0.25, 0.3) is 16.8 Å². The fourth-order valence-corrected chi connectivity index (χ4v) is 2.33. The zero-order chi connectivity index (χ0) is 11.5. The molecule has 80 valence electrons. The lowest BCUT2D eigenvalue weighted by Crippen LogP contribution is -1.83. The molecule has 0 atom stereocenters. The molecular weight excluding hydrogens is 216 g/mol. The van der Waals surface area contributed by atoms with Gasteiger partial charge in [0, 0.05) is 11.8 Å². The van der Waals surface area contributed by atoms with E-state index in [1.54, 1.807) is 6.92 Å². The van der Waals surface area contributed by atoms with E-state index in [4.69, 9.17) is 0 Å². The third-order valence-corrected chi connectivity index (χ3v) is 3.15. The second kappa shape index (κ2) is 4.54. The molecule has 0 spiro atoms. The van der Waals surface area contributed by atoms with E-state index >= 15 is 0 Å². The lowest BCUT2D eigenvalue weighted by Gasteiger charge is -2.04. The second-order valence-corrected chi connectivity index (χ2v) is 4.78. The summed E-state index contributed by atoms with van der Waals surface area (Å²) in [6.07, 6.45) is 1.84. The topological polar surface area (TPSA) is 17.1 Å². The van der Waals surface area contributed by atoms with Gasteiger partial charge in [-0.2, -0.15) is 0 Å². The van der Waals surface area contributed by atoms with E-state index in [0.29, 0.717) is 0 Å². The number of carbonyl (C=O) groups is 1. The standard InChI is InChI=1S/C14H12OS/c1-3-11-5-4-6-12-7-8-13(9-14(11)12)16-10(2)15/h3-9H,1H2,2H3. The van der Waals surface area contributed by atoms with E-state index in [-0.39, 0.29) is 5.12 Å². The van der Waals surface area contributed by atoms with Crippen molar-refractivity contribution in [1.29, 1.82) is 0 Å². The summed E-state index contributed by atoms with van der Waals surface area (Å²) in [5, 5.41) is 2.42. The van der Waals surface area contributed by atoms with Crippen LogP contribution in [-0.4, -0.2) is 5.12 Å². The van der Waals surface area contributed by atoms with E-state index in [9.17, 15) is 4.79 Å². The number of hydrogen-bond donors (Lipinski definition) is 0. The maximum absolute atomic E-state index is 11.0. The Hall–Kier alpha value is -1.54. The molecule has 0 heterocycles. The molecule has 0 amide bonds. The number of hydrogen-bond acceptors (Lipinski definition) is 2. The largest absolute Gasteiger partial charge is 0.287 e. The Labute approximate surface area is 99.2 Å². The van der Waals surface area contributed by atoms with Gasteiger partial charge in [0.15, 0.2) is 5.12 Å². The fraction of sp³-hybridized carbons (Fsp3) is 0.0714. The van der Waals surface area contributed by atoms with Gasteiger partial charge < -0.3 is 0 Å².